The predicted octanol–water partition coefficient (Wildman–Crippen LogP) is 2.35. The Hall–Kier alpha value is -1.59. The van der Waals surface area contributed by atoms with E-state index in [2.05, 4.69) is 5.32 Å². The van der Waals surface area contributed by atoms with Gasteiger partial charge in [-0.1, -0.05) is 24.9 Å². The van der Waals surface area contributed by atoms with Crippen molar-refractivity contribution in [3.05, 3.63) is 28.8 Å². The number of carbonyl (C=O) groups is 2. The zero-order valence-electron chi connectivity index (χ0n) is 10.6. The average molecular weight is 285 g/mol. The minimum atomic E-state index is -1.11. The van der Waals surface area contributed by atoms with Crippen molar-refractivity contribution >= 4 is 29.2 Å². The third kappa shape index (κ3) is 4.54. The van der Waals surface area contributed by atoms with Crippen molar-refractivity contribution in [1.29, 1.82) is 0 Å². The number of anilines is 1. The van der Waals surface area contributed by atoms with Gasteiger partial charge in [0.2, 0.25) is 5.91 Å². The van der Waals surface area contributed by atoms with E-state index in [4.69, 9.17) is 22.4 Å². The van der Waals surface area contributed by atoms with Crippen LogP contribution in [0.15, 0.2) is 18.2 Å². The van der Waals surface area contributed by atoms with Gasteiger partial charge in [-0.3, -0.25) is 4.79 Å². The van der Waals surface area contributed by atoms with E-state index in [9.17, 15) is 9.59 Å². The molecule has 19 heavy (non-hydrogen) atoms. The number of amides is 1. The molecular formula is C13H17ClN2O3. The van der Waals surface area contributed by atoms with Crippen LogP contribution in [0.4, 0.5) is 5.69 Å². The molecule has 0 saturated carbocycles. The predicted molar refractivity (Wildman–Crippen MR) is 74.5 cm³/mol. The zero-order valence-corrected chi connectivity index (χ0v) is 11.4. The van der Waals surface area contributed by atoms with Crippen LogP contribution in [-0.2, 0) is 4.79 Å². The summed E-state index contributed by atoms with van der Waals surface area (Å²) in [5, 5.41) is 12.0. The Balaban J connectivity index is 2.83. The highest BCUT2D eigenvalue weighted by Crippen LogP contribution is 2.22. The molecule has 0 radical (unpaired) electrons. The lowest BCUT2D eigenvalue weighted by Gasteiger charge is -2.13. The van der Waals surface area contributed by atoms with Crippen molar-refractivity contribution < 1.29 is 14.7 Å². The lowest BCUT2D eigenvalue weighted by atomic mass is 10.0. The molecular weight excluding hydrogens is 268 g/mol. The van der Waals surface area contributed by atoms with Gasteiger partial charge in [-0.15, -0.1) is 0 Å². The average Bonchev–Trinajstić information content (AvgIpc) is 2.35. The normalized spacial score (nSPS) is 11.9. The Kier molecular flexibility index (Phi) is 5.79. The maximum absolute atomic E-state index is 11.8. The summed E-state index contributed by atoms with van der Waals surface area (Å²) in [4.78, 5) is 22.9. The van der Waals surface area contributed by atoms with Gasteiger partial charge in [0.25, 0.3) is 0 Å². The fourth-order valence-electron chi connectivity index (χ4n) is 1.66. The second kappa shape index (κ2) is 7.11. The Bertz CT molecular complexity index is 473. The van der Waals surface area contributed by atoms with Crippen LogP contribution in [0.5, 0.6) is 0 Å². The molecule has 104 valence electrons. The monoisotopic (exact) mass is 284 g/mol. The Morgan fingerprint density at radius 3 is 2.68 bits per heavy atom. The molecule has 0 saturated heterocycles. The summed E-state index contributed by atoms with van der Waals surface area (Å²) in [7, 11) is 0. The standard InChI is InChI=1S/C13H17ClN2O3/c1-2-8(7-15)5-12(17)16-11-6-9(14)3-4-10(11)13(18)19/h3-4,6,8H,2,5,7,15H2,1H3,(H,16,17)(H,18,19). The first-order valence-corrected chi connectivity index (χ1v) is 6.38. The number of carboxylic acid groups (broad SMARTS) is 1. The van der Waals surface area contributed by atoms with E-state index in [0.29, 0.717) is 11.6 Å². The fraction of sp³-hybridized carbons (Fsp3) is 0.385. The summed E-state index contributed by atoms with van der Waals surface area (Å²) in [6.07, 6.45) is 1.06. The highest BCUT2D eigenvalue weighted by Gasteiger charge is 2.15. The first-order valence-electron chi connectivity index (χ1n) is 6.00. The van der Waals surface area contributed by atoms with Crippen LogP contribution in [0.3, 0.4) is 0 Å². The number of hydrogen-bond donors (Lipinski definition) is 3. The molecule has 1 unspecified atom stereocenters. The van der Waals surface area contributed by atoms with Crippen molar-refractivity contribution in [2.24, 2.45) is 11.7 Å². The third-order valence-corrected chi connectivity index (χ3v) is 3.11. The molecule has 1 amide bonds. The number of hydrogen-bond acceptors (Lipinski definition) is 3. The molecule has 0 heterocycles. The maximum atomic E-state index is 11.8. The van der Waals surface area contributed by atoms with E-state index in [1.54, 1.807) is 0 Å². The Morgan fingerprint density at radius 1 is 1.47 bits per heavy atom. The molecule has 6 heteroatoms. The summed E-state index contributed by atoms with van der Waals surface area (Å²) in [6, 6.07) is 4.25. The van der Waals surface area contributed by atoms with Crippen LogP contribution in [0.25, 0.3) is 0 Å². The summed E-state index contributed by atoms with van der Waals surface area (Å²) in [6.45, 7) is 2.37. The van der Waals surface area contributed by atoms with Crippen molar-refractivity contribution in [2.75, 3.05) is 11.9 Å². The second-order valence-corrected chi connectivity index (χ2v) is 4.69. The van der Waals surface area contributed by atoms with Gasteiger partial charge in [-0.2, -0.15) is 0 Å². The van der Waals surface area contributed by atoms with Gasteiger partial charge < -0.3 is 16.2 Å². The van der Waals surface area contributed by atoms with Crippen LogP contribution < -0.4 is 11.1 Å². The molecule has 5 nitrogen and oxygen atoms in total. The molecule has 0 spiro atoms. The van der Waals surface area contributed by atoms with E-state index in [1.165, 1.54) is 18.2 Å². The van der Waals surface area contributed by atoms with Crippen molar-refractivity contribution in [2.45, 2.75) is 19.8 Å². The number of benzene rings is 1. The molecule has 0 aliphatic carbocycles. The highest BCUT2D eigenvalue weighted by atomic mass is 35.5. The van der Waals surface area contributed by atoms with Crippen LogP contribution in [0.1, 0.15) is 30.1 Å². The van der Waals surface area contributed by atoms with Gasteiger partial charge in [0.15, 0.2) is 0 Å². The molecule has 1 aromatic carbocycles. The summed E-state index contributed by atoms with van der Waals surface area (Å²) >= 11 is 5.80. The molecule has 0 aromatic heterocycles. The quantitative estimate of drug-likeness (QED) is 0.747. The Labute approximate surface area is 116 Å². The van der Waals surface area contributed by atoms with Gasteiger partial charge in [-0.25, -0.2) is 4.79 Å². The number of carbonyl (C=O) groups excluding carboxylic acids is 1. The SMILES string of the molecule is CCC(CN)CC(=O)Nc1cc(Cl)ccc1C(=O)O. The summed E-state index contributed by atoms with van der Waals surface area (Å²) in [5.74, 6) is -1.28. The molecule has 0 bridgehead atoms. The van der Waals surface area contributed by atoms with Gasteiger partial charge in [0, 0.05) is 11.4 Å². The van der Waals surface area contributed by atoms with E-state index >= 15 is 0 Å². The smallest absolute Gasteiger partial charge is 0.337 e. The van der Waals surface area contributed by atoms with Crippen LogP contribution in [0, 0.1) is 5.92 Å². The topological polar surface area (TPSA) is 92.4 Å². The van der Waals surface area contributed by atoms with Crippen LogP contribution in [-0.4, -0.2) is 23.5 Å². The van der Waals surface area contributed by atoms with E-state index in [-0.39, 0.29) is 29.5 Å². The van der Waals surface area contributed by atoms with E-state index in [1.807, 2.05) is 6.92 Å². The number of aromatic carboxylic acids is 1. The Morgan fingerprint density at radius 2 is 2.16 bits per heavy atom. The minimum Gasteiger partial charge on any atom is -0.478 e. The second-order valence-electron chi connectivity index (χ2n) is 4.26. The highest BCUT2D eigenvalue weighted by molar-refractivity contribution is 6.31. The van der Waals surface area contributed by atoms with Crippen LogP contribution >= 0.6 is 11.6 Å². The summed E-state index contributed by atoms with van der Waals surface area (Å²) in [5.41, 5.74) is 5.75. The van der Waals surface area contributed by atoms with Crippen molar-refractivity contribution in [3.63, 3.8) is 0 Å². The molecule has 1 rings (SSSR count). The first kappa shape index (κ1) is 15.5. The van der Waals surface area contributed by atoms with E-state index in [0.717, 1.165) is 6.42 Å². The maximum Gasteiger partial charge on any atom is 0.337 e. The van der Waals surface area contributed by atoms with Crippen LogP contribution in [0.2, 0.25) is 5.02 Å². The minimum absolute atomic E-state index is 0.0125. The largest absolute Gasteiger partial charge is 0.478 e. The molecule has 1 atom stereocenters. The van der Waals surface area contributed by atoms with E-state index < -0.39 is 5.97 Å². The molecule has 1 aromatic rings. The molecule has 0 fully saturated rings. The van der Waals surface area contributed by atoms with Gasteiger partial charge >= 0.3 is 5.97 Å². The van der Waals surface area contributed by atoms with Crippen molar-refractivity contribution in [1.82, 2.24) is 0 Å². The third-order valence-electron chi connectivity index (χ3n) is 2.87. The van der Waals surface area contributed by atoms with Gasteiger partial charge in [0.05, 0.1) is 11.3 Å². The van der Waals surface area contributed by atoms with Crippen molar-refractivity contribution in [3.8, 4) is 0 Å². The summed E-state index contributed by atoms with van der Waals surface area (Å²) < 4.78 is 0. The number of nitrogens with two attached hydrogens (primary N) is 1. The number of halogens is 1. The fourth-order valence-corrected chi connectivity index (χ4v) is 1.84. The lowest BCUT2D eigenvalue weighted by molar-refractivity contribution is -0.117. The number of carboxylic acids is 1. The lowest BCUT2D eigenvalue weighted by Crippen LogP contribution is -2.22. The molecule has 0 aliphatic heterocycles. The van der Waals surface area contributed by atoms with Gasteiger partial charge in [-0.05, 0) is 30.7 Å². The van der Waals surface area contributed by atoms with Gasteiger partial charge in [0.1, 0.15) is 0 Å². The molecule has 4 N–H and O–H groups in total. The zero-order chi connectivity index (χ0) is 14.4. The molecule has 0 aliphatic rings. The number of rotatable bonds is 6. The number of nitrogens with one attached hydrogen (secondary N) is 1. The first-order chi connectivity index (χ1) is 8.97.